The number of halogens is 1. The lowest BCUT2D eigenvalue weighted by Crippen LogP contribution is -2.49. The number of hydrogen-bond donors (Lipinski definition) is 1. The van der Waals surface area contributed by atoms with Crippen LogP contribution in [0.4, 0.5) is 21.7 Å². The van der Waals surface area contributed by atoms with Crippen LogP contribution >= 0.6 is 0 Å². The number of carbonyl (C=O) groups excluding carboxylic acids is 1. The standard InChI is InChI=1S/C19H19FN6O2/c1-13-10-17(24-28-13)23-18-12-21-16(11-22-18)19(27)26-8-6-25(7-9-26)15-4-2-14(20)3-5-15/h2-5,10-12H,6-9H2,1H3,(H,22,23,24). The summed E-state index contributed by atoms with van der Waals surface area (Å²) in [5.74, 6) is 1.28. The quantitative estimate of drug-likeness (QED) is 0.742. The first-order valence-corrected chi connectivity index (χ1v) is 8.91. The SMILES string of the molecule is Cc1cc(Nc2cnc(C(=O)N3CCN(c4ccc(F)cc4)CC3)cn2)no1. The van der Waals surface area contributed by atoms with Crippen LogP contribution in [0.15, 0.2) is 47.2 Å². The molecule has 144 valence electrons. The van der Waals surface area contributed by atoms with Crippen LogP contribution in [0.25, 0.3) is 0 Å². The van der Waals surface area contributed by atoms with Gasteiger partial charge in [-0.05, 0) is 31.2 Å². The summed E-state index contributed by atoms with van der Waals surface area (Å²) in [5, 5.41) is 6.79. The molecule has 0 atom stereocenters. The maximum Gasteiger partial charge on any atom is 0.274 e. The van der Waals surface area contributed by atoms with Crippen molar-refractivity contribution in [1.82, 2.24) is 20.0 Å². The van der Waals surface area contributed by atoms with Crippen molar-refractivity contribution < 1.29 is 13.7 Å². The number of rotatable bonds is 4. The predicted octanol–water partition coefficient (Wildman–Crippen LogP) is 2.62. The fourth-order valence-electron chi connectivity index (χ4n) is 3.04. The second kappa shape index (κ2) is 7.63. The molecule has 28 heavy (non-hydrogen) atoms. The maximum absolute atomic E-state index is 13.1. The van der Waals surface area contributed by atoms with Gasteiger partial charge in [0.1, 0.15) is 23.1 Å². The van der Waals surface area contributed by atoms with Crippen LogP contribution in [0.2, 0.25) is 0 Å². The first kappa shape index (κ1) is 17.9. The number of carbonyl (C=O) groups is 1. The molecule has 1 fully saturated rings. The van der Waals surface area contributed by atoms with E-state index in [0.29, 0.717) is 43.6 Å². The molecule has 0 bridgehead atoms. The van der Waals surface area contributed by atoms with Crippen molar-refractivity contribution in [1.29, 1.82) is 0 Å². The van der Waals surface area contributed by atoms with Crippen molar-refractivity contribution in [2.24, 2.45) is 0 Å². The lowest BCUT2D eigenvalue weighted by Gasteiger charge is -2.35. The van der Waals surface area contributed by atoms with Gasteiger partial charge in [-0.15, -0.1) is 0 Å². The molecule has 1 aliphatic rings. The summed E-state index contributed by atoms with van der Waals surface area (Å²) in [4.78, 5) is 25.0. The molecule has 0 unspecified atom stereocenters. The number of nitrogens with one attached hydrogen (secondary N) is 1. The average molecular weight is 382 g/mol. The predicted molar refractivity (Wildman–Crippen MR) is 101 cm³/mol. The van der Waals surface area contributed by atoms with E-state index in [2.05, 4.69) is 25.3 Å². The molecule has 1 aromatic carbocycles. The lowest BCUT2D eigenvalue weighted by molar-refractivity contribution is 0.0740. The maximum atomic E-state index is 13.1. The van der Waals surface area contributed by atoms with Gasteiger partial charge in [-0.2, -0.15) is 0 Å². The minimum atomic E-state index is -0.257. The van der Waals surface area contributed by atoms with E-state index in [0.717, 1.165) is 5.69 Å². The van der Waals surface area contributed by atoms with E-state index < -0.39 is 0 Å². The van der Waals surface area contributed by atoms with E-state index in [1.54, 1.807) is 30.0 Å². The third-order valence-electron chi connectivity index (χ3n) is 4.51. The first-order valence-electron chi connectivity index (χ1n) is 8.91. The molecule has 0 saturated carbocycles. The van der Waals surface area contributed by atoms with Crippen molar-refractivity contribution in [2.75, 3.05) is 36.4 Å². The van der Waals surface area contributed by atoms with E-state index in [-0.39, 0.29) is 17.4 Å². The van der Waals surface area contributed by atoms with Crippen molar-refractivity contribution in [3.63, 3.8) is 0 Å². The zero-order valence-corrected chi connectivity index (χ0v) is 15.3. The molecule has 9 heteroatoms. The van der Waals surface area contributed by atoms with Crippen LogP contribution in [-0.4, -0.2) is 52.1 Å². The van der Waals surface area contributed by atoms with E-state index in [9.17, 15) is 9.18 Å². The van der Waals surface area contributed by atoms with Gasteiger partial charge in [-0.1, -0.05) is 5.16 Å². The molecular weight excluding hydrogens is 363 g/mol. The van der Waals surface area contributed by atoms with Gasteiger partial charge in [-0.25, -0.2) is 14.4 Å². The van der Waals surface area contributed by atoms with Gasteiger partial charge in [-0.3, -0.25) is 4.79 Å². The van der Waals surface area contributed by atoms with Crippen LogP contribution in [-0.2, 0) is 0 Å². The molecule has 3 heterocycles. The number of benzene rings is 1. The van der Waals surface area contributed by atoms with Crippen molar-refractivity contribution in [3.8, 4) is 0 Å². The number of anilines is 3. The lowest BCUT2D eigenvalue weighted by atomic mass is 10.2. The Balaban J connectivity index is 1.35. The van der Waals surface area contributed by atoms with Gasteiger partial charge < -0.3 is 19.6 Å². The molecule has 0 aliphatic carbocycles. The molecule has 3 aromatic rings. The summed E-state index contributed by atoms with van der Waals surface area (Å²) in [7, 11) is 0. The normalized spacial score (nSPS) is 14.2. The Morgan fingerprint density at radius 3 is 2.43 bits per heavy atom. The van der Waals surface area contributed by atoms with Crippen LogP contribution in [0.5, 0.6) is 0 Å². The number of aryl methyl sites for hydroxylation is 1. The monoisotopic (exact) mass is 382 g/mol. The number of aromatic nitrogens is 3. The molecule has 4 rings (SSSR count). The number of amides is 1. The van der Waals surface area contributed by atoms with Gasteiger partial charge in [0, 0.05) is 37.9 Å². The number of piperazine rings is 1. The Bertz CT molecular complexity index is 949. The van der Waals surface area contributed by atoms with Crippen LogP contribution in [0.1, 0.15) is 16.2 Å². The first-order chi connectivity index (χ1) is 13.6. The minimum absolute atomic E-state index is 0.157. The Morgan fingerprint density at radius 1 is 1.07 bits per heavy atom. The Kier molecular flexibility index (Phi) is 4.88. The molecule has 1 saturated heterocycles. The molecule has 1 amide bonds. The average Bonchev–Trinajstić information content (AvgIpc) is 3.13. The largest absolute Gasteiger partial charge is 0.368 e. The molecule has 0 spiro atoms. The summed E-state index contributed by atoms with van der Waals surface area (Å²) in [6.45, 7) is 4.28. The van der Waals surface area contributed by atoms with Gasteiger partial charge in [0.05, 0.1) is 12.4 Å². The molecule has 8 nitrogen and oxygen atoms in total. The summed E-state index contributed by atoms with van der Waals surface area (Å²) in [5.41, 5.74) is 1.24. The second-order valence-corrected chi connectivity index (χ2v) is 6.49. The highest BCUT2D eigenvalue weighted by molar-refractivity contribution is 5.92. The fourth-order valence-corrected chi connectivity index (χ4v) is 3.04. The fraction of sp³-hybridized carbons (Fsp3) is 0.263. The zero-order valence-electron chi connectivity index (χ0n) is 15.3. The highest BCUT2D eigenvalue weighted by Gasteiger charge is 2.23. The van der Waals surface area contributed by atoms with Crippen molar-refractivity contribution in [2.45, 2.75) is 6.92 Å². The number of nitrogens with zero attached hydrogens (tertiary/aromatic N) is 5. The van der Waals surface area contributed by atoms with Gasteiger partial charge in [0.25, 0.3) is 5.91 Å². The third-order valence-corrected chi connectivity index (χ3v) is 4.51. The topological polar surface area (TPSA) is 87.4 Å². The van der Waals surface area contributed by atoms with Crippen LogP contribution in [0.3, 0.4) is 0 Å². The number of hydrogen-bond acceptors (Lipinski definition) is 7. The van der Waals surface area contributed by atoms with Crippen molar-refractivity contribution >= 4 is 23.2 Å². The van der Waals surface area contributed by atoms with E-state index >= 15 is 0 Å². The smallest absolute Gasteiger partial charge is 0.274 e. The van der Waals surface area contributed by atoms with Gasteiger partial charge in [0.2, 0.25) is 0 Å². The zero-order chi connectivity index (χ0) is 19.5. The van der Waals surface area contributed by atoms with Crippen LogP contribution in [0, 0.1) is 12.7 Å². The molecule has 1 aliphatic heterocycles. The summed E-state index contributed by atoms with van der Waals surface area (Å²) in [6.07, 6.45) is 2.94. The Hall–Kier alpha value is -3.49. The minimum Gasteiger partial charge on any atom is -0.368 e. The third kappa shape index (κ3) is 3.93. The molecule has 1 N–H and O–H groups in total. The highest BCUT2D eigenvalue weighted by atomic mass is 19.1. The summed E-state index contributed by atoms with van der Waals surface area (Å²) in [6, 6.07) is 8.12. The molecular formula is C19H19FN6O2. The molecule has 2 aromatic heterocycles. The Morgan fingerprint density at radius 2 is 1.82 bits per heavy atom. The van der Waals surface area contributed by atoms with E-state index in [1.807, 2.05) is 0 Å². The molecule has 0 radical (unpaired) electrons. The summed E-state index contributed by atoms with van der Waals surface area (Å²) >= 11 is 0. The Labute approximate surface area is 161 Å². The van der Waals surface area contributed by atoms with E-state index in [4.69, 9.17) is 4.52 Å². The van der Waals surface area contributed by atoms with Crippen LogP contribution < -0.4 is 10.2 Å². The van der Waals surface area contributed by atoms with Gasteiger partial charge >= 0.3 is 0 Å². The summed E-state index contributed by atoms with van der Waals surface area (Å²) < 4.78 is 18.0. The van der Waals surface area contributed by atoms with Gasteiger partial charge in [0.15, 0.2) is 5.82 Å². The second-order valence-electron chi connectivity index (χ2n) is 6.49. The van der Waals surface area contributed by atoms with Crippen molar-refractivity contribution in [3.05, 3.63) is 60.0 Å². The highest BCUT2D eigenvalue weighted by Crippen LogP contribution is 2.18. The van der Waals surface area contributed by atoms with E-state index in [1.165, 1.54) is 24.5 Å².